The molecule has 0 aromatic carbocycles. The van der Waals surface area contributed by atoms with Crippen LogP contribution in [-0.4, -0.2) is 44.3 Å². The van der Waals surface area contributed by atoms with Crippen molar-refractivity contribution >= 4 is 0 Å². The van der Waals surface area contributed by atoms with E-state index >= 15 is 0 Å². The molecule has 104 valence electrons. The maximum Gasteiger partial charge on any atom is 0.158 e. The fourth-order valence-electron chi connectivity index (χ4n) is 1.65. The lowest BCUT2D eigenvalue weighted by atomic mass is 10.2. The normalized spacial score (nSPS) is 11.3. The third kappa shape index (κ3) is 12.1. The Bertz CT molecular complexity index is 139. The van der Waals surface area contributed by atoms with E-state index in [0.717, 1.165) is 32.4 Å². The van der Waals surface area contributed by atoms with Crippen LogP contribution in [0.4, 0.5) is 0 Å². The van der Waals surface area contributed by atoms with Gasteiger partial charge >= 0.3 is 0 Å². The predicted octanol–water partition coefficient (Wildman–Crippen LogP) is 1.92. The van der Waals surface area contributed by atoms with Crippen molar-refractivity contribution in [2.45, 2.75) is 52.2 Å². The quantitative estimate of drug-likeness (QED) is 0.386. The lowest BCUT2D eigenvalue weighted by Crippen LogP contribution is -2.25. The first-order chi connectivity index (χ1) is 8.35. The fourth-order valence-corrected chi connectivity index (χ4v) is 1.65. The maximum atomic E-state index is 8.63. The summed E-state index contributed by atoms with van der Waals surface area (Å²) in [6, 6.07) is 0. The van der Waals surface area contributed by atoms with Crippen molar-refractivity contribution < 1.29 is 14.6 Å². The monoisotopic (exact) mass is 247 g/mol. The Morgan fingerprint density at radius 2 is 1.59 bits per heavy atom. The third-order valence-electron chi connectivity index (χ3n) is 2.52. The van der Waals surface area contributed by atoms with E-state index in [4.69, 9.17) is 14.6 Å². The van der Waals surface area contributed by atoms with Gasteiger partial charge in [0, 0.05) is 26.2 Å². The van der Waals surface area contributed by atoms with Crippen LogP contribution in [0.2, 0.25) is 0 Å². The molecule has 0 fully saturated rings. The average Bonchev–Trinajstić information content (AvgIpc) is 2.33. The standard InChI is InChI=1S/C13H29NO3/c1-3-16-13(17-4-2)9-11-14-10-7-5-6-8-12-15/h13-15H,3-12H2,1-2H3. The number of aliphatic hydroxyl groups excluding tert-OH is 1. The molecule has 0 heterocycles. The zero-order chi connectivity index (χ0) is 12.8. The van der Waals surface area contributed by atoms with Gasteiger partial charge in [-0.05, 0) is 39.8 Å². The van der Waals surface area contributed by atoms with Gasteiger partial charge in [0.05, 0.1) is 0 Å². The van der Waals surface area contributed by atoms with Crippen LogP contribution in [0.15, 0.2) is 0 Å². The number of unbranched alkanes of at least 4 members (excludes halogenated alkanes) is 3. The summed E-state index contributed by atoms with van der Waals surface area (Å²) in [5.74, 6) is 0. The van der Waals surface area contributed by atoms with E-state index in [0.29, 0.717) is 19.8 Å². The first kappa shape index (κ1) is 16.8. The molecule has 0 saturated heterocycles. The molecule has 0 aliphatic rings. The number of rotatable bonds is 13. The minimum atomic E-state index is -0.0631. The molecule has 0 aromatic rings. The van der Waals surface area contributed by atoms with Crippen LogP contribution in [0, 0.1) is 0 Å². The smallest absolute Gasteiger partial charge is 0.158 e. The summed E-state index contributed by atoms with van der Waals surface area (Å²) in [5.41, 5.74) is 0. The number of hydrogen-bond acceptors (Lipinski definition) is 4. The summed E-state index contributed by atoms with van der Waals surface area (Å²) < 4.78 is 10.9. The van der Waals surface area contributed by atoms with Crippen LogP contribution in [0.5, 0.6) is 0 Å². The summed E-state index contributed by atoms with van der Waals surface area (Å²) in [5, 5.41) is 12.0. The Morgan fingerprint density at radius 3 is 2.18 bits per heavy atom. The molecule has 4 heteroatoms. The summed E-state index contributed by atoms with van der Waals surface area (Å²) in [4.78, 5) is 0. The molecule has 0 atom stereocenters. The molecule has 0 aliphatic heterocycles. The molecule has 0 radical (unpaired) electrons. The van der Waals surface area contributed by atoms with Crippen LogP contribution in [-0.2, 0) is 9.47 Å². The van der Waals surface area contributed by atoms with E-state index in [1.807, 2.05) is 13.8 Å². The molecule has 0 unspecified atom stereocenters. The first-order valence-corrected chi connectivity index (χ1v) is 6.89. The van der Waals surface area contributed by atoms with E-state index in [2.05, 4.69) is 5.32 Å². The highest BCUT2D eigenvalue weighted by molar-refractivity contribution is 4.52. The highest BCUT2D eigenvalue weighted by Gasteiger charge is 2.06. The van der Waals surface area contributed by atoms with Crippen molar-refractivity contribution in [3.05, 3.63) is 0 Å². The van der Waals surface area contributed by atoms with E-state index in [1.165, 1.54) is 12.8 Å². The zero-order valence-corrected chi connectivity index (χ0v) is 11.4. The second-order valence-electron chi connectivity index (χ2n) is 4.02. The van der Waals surface area contributed by atoms with E-state index in [-0.39, 0.29) is 6.29 Å². The zero-order valence-electron chi connectivity index (χ0n) is 11.4. The van der Waals surface area contributed by atoms with Gasteiger partial charge in [-0.3, -0.25) is 0 Å². The summed E-state index contributed by atoms with van der Waals surface area (Å²) in [6.07, 6.45) is 5.25. The van der Waals surface area contributed by atoms with Gasteiger partial charge in [0.15, 0.2) is 6.29 Å². The van der Waals surface area contributed by atoms with Crippen LogP contribution in [0.1, 0.15) is 46.0 Å². The van der Waals surface area contributed by atoms with E-state index < -0.39 is 0 Å². The van der Waals surface area contributed by atoms with Crippen LogP contribution in [0.25, 0.3) is 0 Å². The lowest BCUT2D eigenvalue weighted by molar-refractivity contribution is -0.138. The van der Waals surface area contributed by atoms with Crippen LogP contribution >= 0.6 is 0 Å². The molecule has 0 aromatic heterocycles. The Kier molecular flexibility index (Phi) is 13.8. The van der Waals surface area contributed by atoms with Gasteiger partial charge in [0.2, 0.25) is 0 Å². The summed E-state index contributed by atoms with van der Waals surface area (Å²) in [7, 11) is 0. The van der Waals surface area contributed by atoms with Gasteiger partial charge in [-0.2, -0.15) is 0 Å². The molecule has 4 nitrogen and oxygen atoms in total. The van der Waals surface area contributed by atoms with Gasteiger partial charge in [-0.25, -0.2) is 0 Å². The largest absolute Gasteiger partial charge is 0.396 e. The minimum Gasteiger partial charge on any atom is -0.396 e. The van der Waals surface area contributed by atoms with Gasteiger partial charge in [0.25, 0.3) is 0 Å². The Labute approximate surface area is 106 Å². The maximum absolute atomic E-state index is 8.63. The molecule has 0 rings (SSSR count). The first-order valence-electron chi connectivity index (χ1n) is 6.89. The number of ether oxygens (including phenoxy) is 2. The van der Waals surface area contributed by atoms with Gasteiger partial charge in [0.1, 0.15) is 0 Å². The Morgan fingerprint density at radius 1 is 0.941 bits per heavy atom. The van der Waals surface area contributed by atoms with Crippen LogP contribution < -0.4 is 5.32 Å². The molecule has 0 aliphatic carbocycles. The van der Waals surface area contributed by atoms with Crippen molar-refractivity contribution in [3.63, 3.8) is 0 Å². The third-order valence-corrected chi connectivity index (χ3v) is 2.52. The number of aliphatic hydroxyl groups is 1. The second kappa shape index (κ2) is 13.9. The lowest BCUT2D eigenvalue weighted by Gasteiger charge is -2.16. The van der Waals surface area contributed by atoms with Gasteiger partial charge in [-0.15, -0.1) is 0 Å². The molecular weight excluding hydrogens is 218 g/mol. The van der Waals surface area contributed by atoms with Crippen LogP contribution in [0.3, 0.4) is 0 Å². The molecule has 17 heavy (non-hydrogen) atoms. The van der Waals surface area contributed by atoms with Gasteiger partial charge in [-0.1, -0.05) is 12.8 Å². The average molecular weight is 247 g/mol. The molecule has 0 amide bonds. The van der Waals surface area contributed by atoms with Gasteiger partial charge < -0.3 is 19.9 Å². The van der Waals surface area contributed by atoms with Crippen molar-refractivity contribution in [2.75, 3.05) is 32.9 Å². The molecule has 0 spiro atoms. The molecule has 0 bridgehead atoms. The number of nitrogens with one attached hydrogen (secondary N) is 1. The summed E-state index contributed by atoms with van der Waals surface area (Å²) in [6.45, 7) is 7.66. The molecule has 2 N–H and O–H groups in total. The van der Waals surface area contributed by atoms with Crippen molar-refractivity contribution in [1.82, 2.24) is 5.32 Å². The highest BCUT2D eigenvalue weighted by Crippen LogP contribution is 2.00. The second-order valence-corrected chi connectivity index (χ2v) is 4.02. The molecular formula is C13H29NO3. The minimum absolute atomic E-state index is 0.0631. The topological polar surface area (TPSA) is 50.7 Å². The number of hydrogen-bond donors (Lipinski definition) is 2. The van der Waals surface area contributed by atoms with Crippen molar-refractivity contribution in [1.29, 1.82) is 0 Å². The Balaban J connectivity index is 3.23. The van der Waals surface area contributed by atoms with Crippen molar-refractivity contribution in [3.8, 4) is 0 Å². The van der Waals surface area contributed by atoms with Crippen molar-refractivity contribution in [2.24, 2.45) is 0 Å². The summed E-state index contributed by atoms with van der Waals surface area (Å²) >= 11 is 0. The van der Waals surface area contributed by atoms with E-state index in [1.54, 1.807) is 0 Å². The SMILES string of the molecule is CCOC(CCNCCCCCCO)OCC. The Hall–Kier alpha value is -0.160. The van der Waals surface area contributed by atoms with E-state index in [9.17, 15) is 0 Å². The predicted molar refractivity (Wildman–Crippen MR) is 70.1 cm³/mol. The fraction of sp³-hybridized carbons (Fsp3) is 1.00. The highest BCUT2D eigenvalue weighted by atomic mass is 16.7. The molecule has 0 saturated carbocycles.